The smallest absolute Gasteiger partial charge is 0.421 e. The van der Waals surface area contributed by atoms with Crippen LogP contribution in [-0.4, -0.2) is 18.2 Å². The van der Waals surface area contributed by atoms with Crippen molar-refractivity contribution in [2.45, 2.75) is 64.3 Å². The van der Waals surface area contributed by atoms with Gasteiger partial charge in [0.15, 0.2) is 0 Å². The number of rotatable bonds is 4. The molecule has 1 amide bonds. The molecule has 2 aliphatic rings. The lowest BCUT2D eigenvalue weighted by molar-refractivity contribution is 0.0643. The fourth-order valence-electron chi connectivity index (χ4n) is 5.02. The lowest BCUT2D eigenvalue weighted by Gasteiger charge is -2.48. The van der Waals surface area contributed by atoms with E-state index in [1.54, 1.807) is 0 Å². The van der Waals surface area contributed by atoms with Crippen LogP contribution in [0, 0.1) is 5.41 Å². The van der Waals surface area contributed by atoms with Crippen LogP contribution in [0.1, 0.15) is 69.9 Å². The molecule has 0 saturated heterocycles. The van der Waals surface area contributed by atoms with Gasteiger partial charge in [-0.1, -0.05) is 88.6 Å². The van der Waals surface area contributed by atoms with Gasteiger partial charge in [-0.2, -0.15) is 0 Å². The van der Waals surface area contributed by atoms with Crippen LogP contribution in [0.3, 0.4) is 0 Å². The molecule has 1 fully saturated rings. The summed E-state index contributed by atoms with van der Waals surface area (Å²) in [5, 5.41) is 0. The Kier molecular flexibility index (Phi) is 5.39. The number of hydrogen-bond donors (Lipinski definition) is 2. The second kappa shape index (κ2) is 7.83. The number of ether oxygens (including phenoxy) is 1. The van der Waals surface area contributed by atoms with Gasteiger partial charge >= 0.3 is 6.09 Å². The molecule has 0 bridgehead atoms. The molecule has 0 radical (unpaired) electrons. The second-order valence-corrected chi connectivity index (χ2v) is 9.47. The molecule has 0 atom stereocenters. The van der Waals surface area contributed by atoms with Crippen molar-refractivity contribution in [3.8, 4) is 11.1 Å². The Morgan fingerprint density at radius 1 is 0.966 bits per heavy atom. The molecule has 154 valence electrons. The fourth-order valence-corrected chi connectivity index (χ4v) is 5.02. The molecular formula is C25H32N2O2. The summed E-state index contributed by atoms with van der Waals surface area (Å²) in [5.74, 6) is 0.0828. The highest BCUT2D eigenvalue weighted by Gasteiger charge is 2.43. The topological polar surface area (TPSA) is 50.4 Å². The van der Waals surface area contributed by atoms with E-state index in [4.69, 9.17) is 4.74 Å². The summed E-state index contributed by atoms with van der Waals surface area (Å²) in [4.78, 5) is 12.5. The van der Waals surface area contributed by atoms with E-state index in [2.05, 4.69) is 80.2 Å². The predicted molar refractivity (Wildman–Crippen MR) is 117 cm³/mol. The summed E-state index contributed by atoms with van der Waals surface area (Å²) in [6.45, 7) is 7.06. The number of carbonyl (C=O) groups is 1. The normalized spacial score (nSPS) is 18.0. The zero-order valence-electron chi connectivity index (χ0n) is 17.8. The van der Waals surface area contributed by atoms with E-state index in [1.807, 2.05) is 0 Å². The number of hydrazine groups is 1. The molecule has 0 aromatic heterocycles. The first kappa shape index (κ1) is 20.0. The second-order valence-electron chi connectivity index (χ2n) is 9.47. The average molecular weight is 393 g/mol. The zero-order chi connectivity index (χ0) is 20.5. The molecule has 2 aliphatic carbocycles. The van der Waals surface area contributed by atoms with Crippen molar-refractivity contribution in [1.29, 1.82) is 0 Å². The summed E-state index contributed by atoms with van der Waals surface area (Å²) in [5.41, 5.74) is 11.1. The molecular weight excluding hydrogens is 360 g/mol. The van der Waals surface area contributed by atoms with Crippen LogP contribution in [0.15, 0.2) is 48.5 Å². The van der Waals surface area contributed by atoms with Crippen molar-refractivity contribution >= 4 is 6.09 Å². The maximum Gasteiger partial charge on any atom is 0.421 e. The molecule has 2 N–H and O–H groups in total. The van der Waals surface area contributed by atoms with Gasteiger partial charge in [0.25, 0.3) is 0 Å². The van der Waals surface area contributed by atoms with Crippen molar-refractivity contribution in [1.82, 2.24) is 10.9 Å². The monoisotopic (exact) mass is 392 g/mol. The van der Waals surface area contributed by atoms with Crippen LogP contribution in [-0.2, 0) is 4.74 Å². The molecule has 0 heterocycles. The first-order valence-electron chi connectivity index (χ1n) is 10.8. The van der Waals surface area contributed by atoms with Crippen molar-refractivity contribution in [2.24, 2.45) is 5.41 Å². The van der Waals surface area contributed by atoms with E-state index >= 15 is 0 Å². The molecule has 2 aromatic carbocycles. The highest BCUT2D eigenvalue weighted by Crippen LogP contribution is 2.44. The molecule has 0 spiro atoms. The Hall–Kier alpha value is -2.33. The number of hydrogen-bond acceptors (Lipinski definition) is 3. The summed E-state index contributed by atoms with van der Waals surface area (Å²) >= 11 is 0. The van der Waals surface area contributed by atoms with Crippen molar-refractivity contribution in [3.63, 3.8) is 0 Å². The third-order valence-electron chi connectivity index (χ3n) is 6.89. The van der Waals surface area contributed by atoms with Gasteiger partial charge < -0.3 is 4.74 Å². The minimum atomic E-state index is -0.402. The van der Waals surface area contributed by atoms with Crippen LogP contribution in [0.5, 0.6) is 0 Å². The number of nitrogens with one attached hydrogen (secondary N) is 2. The van der Waals surface area contributed by atoms with E-state index in [0.717, 1.165) is 12.8 Å². The van der Waals surface area contributed by atoms with Gasteiger partial charge in [-0.05, 0) is 40.5 Å². The average Bonchev–Trinajstić information content (AvgIpc) is 3.04. The van der Waals surface area contributed by atoms with Crippen LogP contribution in [0.4, 0.5) is 4.79 Å². The standard InChI is InChI=1S/C25H32N2O2/c1-24(2,3)25(15-9-4-10-16-25)27-26-23(28)29-17-22-20-13-7-5-11-18(20)19-12-6-8-14-21(19)22/h5-8,11-14,22,27H,4,9-10,15-17H2,1-3H3,(H,26,28). The SMILES string of the molecule is CC(C)(C)C1(NNC(=O)OCC2c3ccccc3-c3ccccc32)CCCCC1. The van der Waals surface area contributed by atoms with E-state index in [1.165, 1.54) is 41.5 Å². The number of amides is 1. The van der Waals surface area contributed by atoms with Crippen molar-refractivity contribution in [2.75, 3.05) is 6.61 Å². The van der Waals surface area contributed by atoms with E-state index in [-0.39, 0.29) is 16.9 Å². The maximum absolute atomic E-state index is 12.5. The van der Waals surface area contributed by atoms with Gasteiger partial charge in [-0.15, -0.1) is 0 Å². The molecule has 1 saturated carbocycles. The molecule has 4 heteroatoms. The lowest BCUT2D eigenvalue weighted by Crippen LogP contribution is -2.61. The number of benzene rings is 2. The Balaban J connectivity index is 1.41. The number of carbonyl (C=O) groups excluding carboxylic acids is 1. The first-order valence-corrected chi connectivity index (χ1v) is 10.8. The summed E-state index contributed by atoms with van der Waals surface area (Å²) < 4.78 is 5.68. The Bertz CT molecular complexity index is 833. The van der Waals surface area contributed by atoms with Gasteiger partial charge in [-0.3, -0.25) is 5.43 Å². The highest BCUT2D eigenvalue weighted by atomic mass is 16.6. The summed E-state index contributed by atoms with van der Waals surface area (Å²) in [6, 6.07) is 16.8. The Morgan fingerprint density at radius 2 is 1.52 bits per heavy atom. The largest absolute Gasteiger partial charge is 0.448 e. The van der Waals surface area contributed by atoms with Crippen LogP contribution in [0.2, 0.25) is 0 Å². The number of fused-ring (bicyclic) bond motifs is 3. The van der Waals surface area contributed by atoms with Crippen LogP contribution >= 0.6 is 0 Å². The molecule has 4 rings (SSSR count). The minimum absolute atomic E-state index is 0.0596. The van der Waals surface area contributed by atoms with Gasteiger partial charge in [0, 0.05) is 11.5 Å². The van der Waals surface area contributed by atoms with Crippen LogP contribution in [0.25, 0.3) is 11.1 Å². The third kappa shape index (κ3) is 3.78. The van der Waals surface area contributed by atoms with Gasteiger partial charge in [-0.25, -0.2) is 10.2 Å². The Labute approximate surface area is 174 Å². The quantitative estimate of drug-likeness (QED) is 0.649. The van der Waals surface area contributed by atoms with Gasteiger partial charge in [0.1, 0.15) is 6.61 Å². The minimum Gasteiger partial charge on any atom is -0.448 e. The van der Waals surface area contributed by atoms with E-state index in [0.29, 0.717) is 6.61 Å². The molecule has 4 nitrogen and oxygen atoms in total. The molecule has 0 unspecified atom stereocenters. The third-order valence-corrected chi connectivity index (χ3v) is 6.89. The zero-order valence-corrected chi connectivity index (χ0v) is 17.8. The van der Waals surface area contributed by atoms with Gasteiger partial charge in [0.2, 0.25) is 0 Å². The van der Waals surface area contributed by atoms with E-state index < -0.39 is 6.09 Å². The first-order chi connectivity index (χ1) is 13.9. The summed E-state index contributed by atoms with van der Waals surface area (Å²) in [6.07, 6.45) is 5.39. The molecule has 0 aliphatic heterocycles. The Morgan fingerprint density at radius 3 is 2.07 bits per heavy atom. The van der Waals surface area contributed by atoms with Gasteiger partial charge in [0.05, 0.1) is 0 Å². The highest BCUT2D eigenvalue weighted by molar-refractivity contribution is 5.79. The molecule has 2 aromatic rings. The lowest BCUT2D eigenvalue weighted by atomic mass is 9.66. The van der Waals surface area contributed by atoms with Crippen LogP contribution < -0.4 is 10.9 Å². The van der Waals surface area contributed by atoms with Crippen molar-refractivity contribution in [3.05, 3.63) is 59.7 Å². The fraction of sp³-hybridized carbons (Fsp3) is 0.480. The van der Waals surface area contributed by atoms with E-state index in [9.17, 15) is 4.79 Å². The molecule has 29 heavy (non-hydrogen) atoms. The summed E-state index contributed by atoms with van der Waals surface area (Å²) in [7, 11) is 0. The van der Waals surface area contributed by atoms with Crippen molar-refractivity contribution < 1.29 is 9.53 Å². The maximum atomic E-state index is 12.5. The predicted octanol–water partition coefficient (Wildman–Crippen LogP) is 5.78.